The lowest BCUT2D eigenvalue weighted by molar-refractivity contribution is -0.128. The molecule has 0 spiro atoms. The Balaban J connectivity index is 1.85. The van der Waals surface area contributed by atoms with Crippen LogP contribution in [0.1, 0.15) is 55.3 Å². The molecule has 1 aromatic rings. The van der Waals surface area contributed by atoms with E-state index in [1.54, 1.807) is 7.11 Å². The van der Waals surface area contributed by atoms with Crippen LogP contribution in [0.3, 0.4) is 0 Å². The van der Waals surface area contributed by atoms with Gasteiger partial charge in [-0.25, -0.2) is 0 Å². The highest BCUT2D eigenvalue weighted by atomic mass is 16.5. The molecule has 2 atom stereocenters. The van der Waals surface area contributed by atoms with Crippen molar-refractivity contribution in [2.75, 3.05) is 20.2 Å². The van der Waals surface area contributed by atoms with E-state index in [4.69, 9.17) is 4.74 Å². The summed E-state index contributed by atoms with van der Waals surface area (Å²) in [7, 11) is 1.62. The molecule has 136 valence electrons. The van der Waals surface area contributed by atoms with E-state index in [2.05, 4.69) is 5.32 Å². The molecule has 1 N–H and O–H groups in total. The molecule has 2 amide bonds. The number of benzene rings is 1. The molecule has 1 aliphatic carbocycles. The number of ether oxygens (including phenoxy) is 1. The Bertz CT molecular complexity index is 599. The number of hydrogen-bond acceptors (Lipinski definition) is 3. The van der Waals surface area contributed by atoms with E-state index in [1.807, 2.05) is 29.2 Å². The van der Waals surface area contributed by atoms with Crippen molar-refractivity contribution in [3.05, 3.63) is 29.8 Å². The molecule has 1 aliphatic heterocycles. The van der Waals surface area contributed by atoms with Crippen LogP contribution >= 0.6 is 0 Å². The zero-order valence-corrected chi connectivity index (χ0v) is 15.0. The molecule has 1 aromatic carbocycles. The van der Waals surface area contributed by atoms with Crippen LogP contribution in [0.5, 0.6) is 5.75 Å². The molecular formula is C20H28N2O3. The molecule has 1 saturated carbocycles. The average molecular weight is 344 g/mol. The normalized spacial score (nSPS) is 24.8. The van der Waals surface area contributed by atoms with Gasteiger partial charge in [0.05, 0.1) is 13.0 Å². The third kappa shape index (κ3) is 4.14. The smallest absolute Gasteiger partial charge is 0.254 e. The van der Waals surface area contributed by atoms with Crippen molar-refractivity contribution in [3.63, 3.8) is 0 Å². The van der Waals surface area contributed by atoms with Crippen LogP contribution < -0.4 is 10.1 Å². The lowest BCUT2D eigenvalue weighted by Crippen LogP contribution is -2.51. The monoisotopic (exact) mass is 344 g/mol. The highest BCUT2D eigenvalue weighted by Crippen LogP contribution is 2.31. The number of methoxy groups -OCH3 is 1. The summed E-state index contributed by atoms with van der Waals surface area (Å²) in [6.45, 7) is 1.49. The maximum absolute atomic E-state index is 13.2. The van der Waals surface area contributed by atoms with Gasteiger partial charge in [-0.1, -0.05) is 12.8 Å². The quantitative estimate of drug-likeness (QED) is 0.897. The Morgan fingerprint density at radius 2 is 1.84 bits per heavy atom. The van der Waals surface area contributed by atoms with Gasteiger partial charge in [-0.15, -0.1) is 0 Å². The van der Waals surface area contributed by atoms with Gasteiger partial charge in [0.15, 0.2) is 0 Å². The predicted molar refractivity (Wildman–Crippen MR) is 96.6 cm³/mol. The molecule has 1 saturated heterocycles. The maximum atomic E-state index is 13.2. The number of hydrogen-bond donors (Lipinski definition) is 1. The first kappa shape index (κ1) is 17.8. The van der Waals surface area contributed by atoms with Crippen molar-refractivity contribution in [1.82, 2.24) is 10.2 Å². The SMILES string of the molecule is COc1ccc(C(=O)N2CCCCCNC(=O)C3CCCCC32)cc1. The van der Waals surface area contributed by atoms with Gasteiger partial charge in [0.1, 0.15) is 5.75 Å². The second-order valence-corrected chi connectivity index (χ2v) is 7.04. The second kappa shape index (κ2) is 8.37. The third-order valence-electron chi connectivity index (χ3n) is 5.44. The summed E-state index contributed by atoms with van der Waals surface area (Å²) >= 11 is 0. The van der Waals surface area contributed by atoms with Crippen LogP contribution in [0.15, 0.2) is 24.3 Å². The number of nitrogens with zero attached hydrogens (tertiary/aromatic N) is 1. The molecule has 0 aromatic heterocycles. The molecule has 0 radical (unpaired) electrons. The van der Waals surface area contributed by atoms with Crippen molar-refractivity contribution >= 4 is 11.8 Å². The lowest BCUT2D eigenvalue weighted by Gasteiger charge is -2.40. The molecule has 1 heterocycles. The minimum atomic E-state index is -0.0750. The fourth-order valence-electron chi connectivity index (χ4n) is 4.03. The highest BCUT2D eigenvalue weighted by Gasteiger charge is 2.37. The van der Waals surface area contributed by atoms with Crippen molar-refractivity contribution in [1.29, 1.82) is 0 Å². The fourth-order valence-corrected chi connectivity index (χ4v) is 4.03. The molecule has 5 heteroatoms. The fraction of sp³-hybridized carbons (Fsp3) is 0.600. The first-order chi connectivity index (χ1) is 12.2. The van der Waals surface area contributed by atoms with Gasteiger partial charge in [0.25, 0.3) is 5.91 Å². The van der Waals surface area contributed by atoms with Crippen molar-refractivity contribution in [2.45, 2.75) is 51.0 Å². The van der Waals surface area contributed by atoms with Gasteiger partial charge in [-0.05, 0) is 56.4 Å². The molecule has 2 aliphatic rings. The van der Waals surface area contributed by atoms with Crippen LogP contribution in [-0.4, -0.2) is 43.0 Å². The van der Waals surface area contributed by atoms with E-state index in [-0.39, 0.29) is 23.8 Å². The molecule has 0 bridgehead atoms. The van der Waals surface area contributed by atoms with E-state index in [0.29, 0.717) is 5.56 Å². The molecule has 3 rings (SSSR count). The summed E-state index contributed by atoms with van der Waals surface area (Å²) in [5.41, 5.74) is 0.669. The molecular weight excluding hydrogens is 316 g/mol. The molecule has 25 heavy (non-hydrogen) atoms. The average Bonchev–Trinajstić information content (AvgIpc) is 2.67. The van der Waals surface area contributed by atoms with E-state index < -0.39 is 0 Å². The molecule has 2 unspecified atom stereocenters. The van der Waals surface area contributed by atoms with Crippen LogP contribution in [0.2, 0.25) is 0 Å². The number of carbonyl (C=O) groups excluding carboxylic acids is 2. The topological polar surface area (TPSA) is 58.6 Å². The maximum Gasteiger partial charge on any atom is 0.254 e. The largest absolute Gasteiger partial charge is 0.497 e. The Morgan fingerprint density at radius 3 is 2.60 bits per heavy atom. The van der Waals surface area contributed by atoms with Gasteiger partial charge >= 0.3 is 0 Å². The minimum absolute atomic E-state index is 0.0152. The van der Waals surface area contributed by atoms with Crippen LogP contribution in [0.4, 0.5) is 0 Å². The Labute approximate surface area is 149 Å². The van der Waals surface area contributed by atoms with Gasteiger partial charge in [0, 0.05) is 24.7 Å². The molecule has 2 fully saturated rings. The van der Waals surface area contributed by atoms with Crippen LogP contribution in [0.25, 0.3) is 0 Å². The Hall–Kier alpha value is -2.04. The summed E-state index contributed by atoms with van der Waals surface area (Å²) in [4.78, 5) is 27.7. The Morgan fingerprint density at radius 1 is 1.08 bits per heavy atom. The van der Waals surface area contributed by atoms with E-state index in [9.17, 15) is 9.59 Å². The Kier molecular flexibility index (Phi) is 5.95. The second-order valence-electron chi connectivity index (χ2n) is 7.04. The standard InChI is InChI=1S/C20H28N2O3/c1-25-16-11-9-15(10-12-16)20(24)22-14-6-2-5-13-21-19(23)17-7-3-4-8-18(17)22/h9-12,17-18H,2-8,13-14H2,1H3,(H,21,23). The lowest BCUT2D eigenvalue weighted by atomic mass is 9.82. The zero-order chi connectivity index (χ0) is 17.6. The van der Waals surface area contributed by atoms with Crippen molar-refractivity contribution in [3.8, 4) is 5.75 Å². The van der Waals surface area contributed by atoms with Gasteiger partial charge in [-0.3, -0.25) is 9.59 Å². The summed E-state index contributed by atoms with van der Waals surface area (Å²) in [6.07, 6.45) is 6.95. The van der Waals surface area contributed by atoms with Crippen LogP contribution in [0, 0.1) is 5.92 Å². The van der Waals surface area contributed by atoms with E-state index >= 15 is 0 Å². The number of carbonyl (C=O) groups is 2. The number of amides is 2. The number of rotatable bonds is 2. The summed E-state index contributed by atoms with van der Waals surface area (Å²) < 4.78 is 5.18. The number of nitrogens with one attached hydrogen (secondary N) is 1. The van der Waals surface area contributed by atoms with Gasteiger partial charge in [0.2, 0.25) is 5.91 Å². The predicted octanol–water partition coefficient (Wildman–Crippen LogP) is 3.00. The van der Waals surface area contributed by atoms with E-state index in [1.165, 1.54) is 0 Å². The molecule has 5 nitrogen and oxygen atoms in total. The first-order valence-electron chi connectivity index (χ1n) is 9.43. The number of fused-ring (bicyclic) bond motifs is 1. The summed E-state index contributed by atoms with van der Waals surface area (Å²) in [6, 6.07) is 7.29. The van der Waals surface area contributed by atoms with E-state index in [0.717, 1.165) is 63.8 Å². The van der Waals surface area contributed by atoms with Crippen molar-refractivity contribution in [2.24, 2.45) is 5.92 Å². The van der Waals surface area contributed by atoms with Crippen molar-refractivity contribution < 1.29 is 14.3 Å². The van der Waals surface area contributed by atoms with Gasteiger partial charge < -0.3 is 15.0 Å². The van der Waals surface area contributed by atoms with Gasteiger partial charge in [-0.2, -0.15) is 0 Å². The zero-order valence-electron chi connectivity index (χ0n) is 15.0. The third-order valence-corrected chi connectivity index (χ3v) is 5.44. The summed E-state index contributed by atoms with van der Waals surface area (Å²) in [5.74, 6) is 0.827. The summed E-state index contributed by atoms with van der Waals surface area (Å²) in [5, 5.41) is 3.07. The minimum Gasteiger partial charge on any atom is -0.497 e. The van der Waals surface area contributed by atoms with Crippen LogP contribution in [-0.2, 0) is 4.79 Å². The highest BCUT2D eigenvalue weighted by molar-refractivity contribution is 5.95. The first-order valence-corrected chi connectivity index (χ1v) is 9.43.